The van der Waals surface area contributed by atoms with Gasteiger partial charge in [0, 0.05) is 44.0 Å². The third-order valence-corrected chi connectivity index (χ3v) is 6.04. The largest absolute Gasteiger partial charge is 0.371 e. The molecule has 1 aromatic rings. The molecular weight excluding hydrogens is 296 g/mol. The number of carbonyl (C=O) groups excluding carboxylic acids is 1. The van der Waals surface area contributed by atoms with Crippen LogP contribution in [-0.2, 0) is 16.1 Å². The number of hydrogen-bond donors (Lipinski definition) is 0. The second-order valence-corrected chi connectivity index (χ2v) is 8.01. The molecule has 4 nitrogen and oxygen atoms in total. The molecule has 1 aliphatic carbocycles. The molecule has 1 amide bonds. The Kier molecular flexibility index (Phi) is 4.85. The van der Waals surface area contributed by atoms with E-state index in [1.807, 2.05) is 11.3 Å². The highest BCUT2D eigenvalue weighted by Crippen LogP contribution is 2.49. The summed E-state index contributed by atoms with van der Waals surface area (Å²) in [5, 5.41) is 2.15. The van der Waals surface area contributed by atoms with Gasteiger partial charge in [-0.2, -0.15) is 0 Å². The number of amides is 1. The normalized spacial score (nSPS) is 28.0. The second kappa shape index (κ2) is 6.69. The van der Waals surface area contributed by atoms with Gasteiger partial charge >= 0.3 is 0 Å². The monoisotopic (exact) mass is 322 g/mol. The third-order valence-electron chi connectivity index (χ3n) is 5.18. The van der Waals surface area contributed by atoms with E-state index in [9.17, 15) is 4.79 Å². The van der Waals surface area contributed by atoms with E-state index in [0.717, 1.165) is 25.6 Å². The lowest BCUT2D eigenvalue weighted by Crippen LogP contribution is -2.34. The molecule has 3 rings (SSSR count). The summed E-state index contributed by atoms with van der Waals surface area (Å²) < 4.78 is 5.81. The van der Waals surface area contributed by atoms with Crippen molar-refractivity contribution in [3.8, 4) is 0 Å². The fourth-order valence-corrected chi connectivity index (χ4v) is 4.72. The van der Waals surface area contributed by atoms with Gasteiger partial charge in [-0.15, -0.1) is 11.3 Å². The first-order valence-electron chi connectivity index (χ1n) is 8.12. The van der Waals surface area contributed by atoms with Crippen molar-refractivity contribution >= 4 is 17.2 Å². The molecule has 122 valence electrons. The summed E-state index contributed by atoms with van der Waals surface area (Å²) in [6.45, 7) is 4.31. The van der Waals surface area contributed by atoms with Gasteiger partial charge < -0.3 is 9.64 Å². The average Bonchev–Trinajstić information content (AvgIpc) is 3.15. The van der Waals surface area contributed by atoms with Crippen molar-refractivity contribution in [2.75, 3.05) is 40.4 Å². The molecule has 1 saturated heterocycles. The summed E-state index contributed by atoms with van der Waals surface area (Å²) in [6, 6.07) is 4.35. The minimum absolute atomic E-state index is 0.0550. The van der Waals surface area contributed by atoms with Gasteiger partial charge in [-0.25, -0.2) is 0 Å². The number of hydrogen-bond acceptors (Lipinski definition) is 4. The van der Waals surface area contributed by atoms with Gasteiger partial charge in [0.2, 0.25) is 5.91 Å². The number of carbonyl (C=O) groups is 1. The first-order chi connectivity index (χ1) is 10.6. The van der Waals surface area contributed by atoms with E-state index >= 15 is 0 Å². The molecule has 1 aliphatic heterocycles. The van der Waals surface area contributed by atoms with E-state index in [1.165, 1.54) is 30.7 Å². The molecule has 2 atom stereocenters. The topological polar surface area (TPSA) is 32.8 Å². The Labute approximate surface area is 137 Å². The number of thiophene rings is 1. The van der Waals surface area contributed by atoms with Gasteiger partial charge in [0.05, 0.1) is 6.61 Å². The van der Waals surface area contributed by atoms with E-state index < -0.39 is 0 Å². The predicted octanol–water partition coefficient (Wildman–Crippen LogP) is 2.45. The van der Waals surface area contributed by atoms with Crippen molar-refractivity contribution < 1.29 is 9.53 Å². The zero-order valence-electron chi connectivity index (χ0n) is 13.6. The van der Waals surface area contributed by atoms with Crippen molar-refractivity contribution in [3.63, 3.8) is 0 Å². The van der Waals surface area contributed by atoms with Crippen molar-refractivity contribution in [3.05, 3.63) is 22.4 Å². The van der Waals surface area contributed by atoms with E-state index in [1.54, 1.807) is 19.0 Å². The second-order valence-electron chi connectivity index (χ2n) is 6.98. The SMILES string of the molecule is CN(C)C(=O)COC[C@@]12CCC[C@@H]1CN(Cc1cccs1)C2. The first kappa shape index (κ1) is 16.0. The summed E-state index contributed by atoms with van der Waals surface area (Å²) >= 11 is 1.84. The van der Waals surface area contributed by atoms with Crippen LogP contribution in [0.5, 0.6) is 0 Å². The summed E-state index contributed by atoms with van der Waals surface area (Å²) in [7, 11) is 3.56. The van der Waals surface area contributed by atoms with Gasteiger partial charge in [-0.05, 0) is 30.2 Å². The van der Waals surface area contributed by atoms with E-state index in [4.69, 9.17) is 4.74 Å². The lowest BCUT2D eigenvalue weighted by Gasteiger charge is -2.29. The van der Waals surface area contributed by atoms with Crippen LogP contribution in [0.15, 0.2) is 17.5 Å². The van der Waals surface area contributed by atoms with Gasteiger partial charge in [0.15, 0.2) is 0 Å². The molecule has 1 saturated carbocycles. The highest BCUT2D eigenvalue weighted by atomic mass is 32.1. The molecule has 2 aliphatic rings. The van der Waals surface area contributed by atoms with E-state index in [-0.39, 0.29) is 17.9 Å². The third kappa shape index (κ3) is 3.36. The molecule has 22 heavy (non-hydrogen) atoms. The van der Waals surface area contributed by atoms with Crippen LogP contribution < -0.4 is 0 Å². The Morgan fingerprint density at radius 1 is 1.55 bits per heavy atom. The minimum Gasteiger partial charge on any atom is -0.371 e. The molecule has 0 aromatic carbocycles. The van der Waals surface area contributed by atoms with Crippen LogP contribution in [0.3, 0.4) is 0 Å². The van der Waals surface area contributed by atoms with Crippen LogP contribution in [0.4, 0.5) is 0 Å². The average molecular weight is 322 g/mol. The van der Waals surface area contributed by atoms with Crippen molar-refractivity contribution in [1.82, 2.24) is 9.80 Å². The molecule has 2 fully saturated rings. The van der Waals surface area contributed by atoms with Crippen LogP contribution in [-0.4, -0.2) is 56.1 Å². The Morgan fingerprint density at radius 3 is 3.14 bits per heavy atom. The van der Waals surface area contributed by atoms with Crippen molar-refractivity contribution in [2.24, 2.45) is 11.3 Å². The number of nitrogens with zero attached hydrogens (tertiary/aromatic N) is 2. The van der Waals surface area contributed by atoms with Gasteiger partial charge in [-0.3, -0.25) is 9.69 Å². The standard InChI is InChI=1S/C17H26N2O2S/c1-18(2)16(20)11-21-13-17-7-3-5-14(17)9-19(12-17)10-15-6-4-8-22-15/h4,6,8,14H,3,5,7,9-13H2,1-2H3/t14-,17+/m1/s1. The lowest BCUT2D eigenvalue weighted by atomic mass is 9.82. The fourth-order valence-electron chi connectivity index (χ4n) is 3.98. The lowest BCUT2D eigenvalue weighted by molar-refractivity contribution is -0.135. The molecule has 0 unspecified atom stereocenters. The Balaban J connectivity index is 1.55. The Morgan fingerprint density at radius 2 is 2.41 bits per heavy atom. The smallest absolute Gasteiger partial charge is 0.248 e. The molecular formula is C17H26N2O2S. The maximum Gasteiger partial charge on any atom is 0.248 e. The van der Waals surface area contributed by atoms with Crippen LogP contribution in [0.1, 0.15) is 24.1 Å². The maximum absolute atomic E-state index is 11.7. The number of likely N-dealkylation sites (N-methyl/N-ethyl adjacent to an activating group) is 1. The summed E-state index contributed by atoms with van der Waals surface area (Å²) in [5.41, 5.74) is 0.282. The van der Waals surface area contributed by atoms with Gasteiger partial charge in [0.1, 0.15) is 6.61 Å². The number of ether oxygens (including phenoxy) is 1. The molecule has 0 bridgehead atoms. The molecule has 2 heterocycles. The van der Waals surface area contributed by atoms with E-state index in [0.29, 0.717) is 0 Å². The highest BCUT2D eigenvalue weighted by molar-refractivity contribution is 7.09. The highest BCUT2D eigenvalue weighted by Gasteiger charge is 2.49. The zero-order valence-corrected chi connectivity index (χ0v) is 14.4. The maximum atomic E-state index is 11.7. The van der Waals surface area contributed by atoms with Crippen LogP contribution in [0.2, 0.25) is 0 Å². The number of rotatable bonds is 6. The summed E-state index contributed by atoms with van der Waals surface area (Å²) in [4.78, 5) is 17.3. The minimum atomic E-state index is 0.0550. The van der Waals surface area contributed by atoms with Crippen LogP contribution in [0.25, 0.3) is 0 Å². The summed E-state index contributed by atoms with van der Waals surface area (Å²) in [5.74, 6) is 0.793. The zero-order chi connectivity index (χ0) is 15.6. The predicted molar refractivity (Wildman–Crippen MR) is 88.9 cm³/mol. The quantitative estimate of drug-likeness (QED) is 0.806. The molecule has 0 spiro atoms. The van der Waals surface area contributed by atoms with Crippen LogP contribution in [0, 0.1) is 11.3 Å². The molecule has 0 radical (unpaired) electrons. The van der Waals surface area contributed by atoms with Gasteiger partial charge in [0.25, 0.3) is 0 Å². The molecule has 0 N–H and O–H groups in total. The fraction of sp³-hybridized carbons (Fsp3) is 0.706. The number of likely N-dealkylation sites (tertiary alicyclic amines) is 1. The Hall–Kier alpha value is -0.910. The molecule has 5 heteroatoms. The van der Waals surface area contributed by atoms with Crippen molar-refractivity contribution in [1.29, 1.82) is 0 Å². The first-order valence-corrected chi connectivity index (χ1v) is 9.00. The summed E-state index contributed by atoms with van der Waals surface area (Å²) in [6.07, 6.45) is 3.86. The Bertz CT molecular complexity index is 503. The van der Waals surface area contributed by atoms with E-state index in [2.05, 4.69) is 22.4 Å². The van der Waals surface area contributed by atoms with Gasteiger partial charge in [-0.1, -0.05) is 12.5 Å². The van der Waals surface area contributed by atoms with Crippen molar-refractivity contribution in [2.45, 2.75) is 25.8 Å². The number of fused-ring (bicyclic) bond motifs is 1. The molecule has 1 aromatic heterocycles. The van der Waals surface area contributed by atoms with Crippen LogP contribution >= 0.6 is 11.3 Å².